The number of carbonyl (C=O) groups is 3. The number of aliphatic carboxylic acids is 1. The van der Waals surface area contributed by atoms with E-state index in [1.807, 2.05) is 12.1 Å². The molecule has 2 rings (SSSR count). The molecule has 1 amide bonds. The molecule has 0 aliphatic carbocycles. The van der Waals surface area contributed by atoms with Gasteiger partial charge in [-0.05, 0) is 50.0 Å². The van der Waals surface area contributed by atoms with Crippen LogP contribution in [-0.4, -0.2) is 60.7 Å². The number of hydrogen-bond acceptors (Lipinski definition) is 6. The van der Waals surface area contributed by atoms with Crippen molar-refractivity contribution in [2.75, 3.05) is 32.8 Å². The molecule has 1 aromatic carbocycles. The zero-order chi connectivity index (χ0) is 21.5. The van der Waals surface area contributed by atoms with Crippen molar-refractivity contribution in [3.63, 3.8) is 0 Å². The first-order valence-electron chi connectivity index (χ1n) is 9.90. The smallest absolute Gasteiger partial charge is 0.303 e. The van der Waals surface area contributed by atoms with Crippen LogP contribution < -0.4 is 10.1 Å². The van der Waals surface area contributed by atoms with E-state index in [9.17, 15) is 9.59 Å². The molecule has 170 valence electrons. The van der Waals surface area contributed by atoms with Gasteiger partial charge in [0.1, 0.15) is 5.75 Å². The third-order valence-corrected chi connectivity index (χ3v) is 4.07. The van der Waals surface area contributed by atoms with E-state index in [-0.39, 0.29) is 24.9 Å². The number of benzene rings is 1. The highest BCUT2D eigenvalue weighted by molar-refractivity contribution is 5.85. The van der Waals surface area contributed by atoms with Gasteiger partial charge in [0.15, 0.2) is 6.61 Å². The van der Waals surface area contributed by atoms with E-state index in [2.05, 4.69) is 27.1 Å². The van der Waals surface area contributed by atoms with Crippen LogP contribution in [0.25, 0.3) is 0 Å². The number of halogens is 1. The van der Waals surface area contributed by atoms with E-state index in [1.54, 1.807) is 0 Å². The minimum atomic E-state index is -0.833. The quantitative estimate of drug-likeness (QED) is 0.445. The first kappa shape index (κ1) is 27.7. The van der Waals surface area contributed by atoms with E-state index in [0.29, 0.717) is 19.6 Å². The molecule has 1 fully saturated rings. The number of nitrogens with zero attached hydrogens (tertiary/aromatic N) is 1. The van der Waals surface area contributed by atoms with Crippen LogP contribution in [0.5, 0.6) is 5.75 Å². The Labute approximate surface area is 184 Å². The van der Waals surface area contributed by atoms with Gasteiger partial charge in [-0.3, -0.25) is 19.3 Å². The van der Waals surface area contributed by atoms with Gasteiger partial charge in [-0.2, -0.15) is 0 Å². The fraction of sp³-hybridized carbons (Fsp3) is 0.571. The molecule has 9 heteroatoms. The highest BCUT2D eigenvalue weighted by atomic mass is 35.5. The zero-order valence-electron chi connectivity index (χ0n) is 17.7. The molecule has 0 radical (unpaired) electrons. The van der Waals surface area contributed by atoms with Crippen LogP contribution in [0.3, 0.4) is 0 Å². The lowest BCUT2D eigenvalue weighted by Gasteiger charge is -2.26. The second-order valence-corrected chi connectivity index (χ2v) is 6.84. The van der Waals surface area contributed by atoms with E-state index < -0.39 is 11.9 Å². The van der Waals surface area contributed by atoms with Gasteiger partial charge in [0.05, 0.1) is 6.61 Å². The van der Waals surface area contributed by atoms with E-state index in [0.717, 1.165) is 19.2 Å². The SMILES string of the molecule is CC(=O)O.CC(=O)OCC(=O)NCCCOc1cccc(CN2CCCCC2)c1.Cl. The Bertz CT molecular complexity index is 646. The number of piperidine rings is 1. The number of amides is 1. The van der Waals surface area contributed by atoms with E-state index in [4.69, 9.17) is 14.6 Å². The summed E-state index contributed by atoms with van der Waals surface area (Å²) in [5, 5.41) is 10.1. The Hall–Kier alpha value is -2.32. The molecular weight excluding hydrogens is 412 g/mol. The normalized spacial score (nSPS) is 13.1. The number of hydrogen-bond donors (Lipinski definition) is 2. The van der Waals surface area contributed by atoms with Crippen molar-refractivity contribution in [1.29, 1.82) is 0 Å². The Morgan fingerprint density at radius 1 is 1.13 bits per heavy atom. The maximum atomic E-state index is 11.4. The summed E-state index contributed by atoms with van der Waals surface area (Å²) in [6, 6.07) is 8.21. The molecule has 30 heavy (non-hydrogen) atoms. The van der Waals surface area contributed by atoms with Crippen LogP contribution in [0, 0.1) is 0 Å². The fourth-order valence-electron chi connectivity index (χ4n) is 2.82. The topological polar surface area (TPSA) is 105 Å². The van der Waals surface area contributed by atoms with Crippen LogP contribution in [0.4, 0.5) is 0 Å². The summed E-state index contributed by atoms with van der Waals surface area (Å²) in [7, 11) is 0. The lowest BCUT2D eigenvalue weighted by Crippen LogP contribution is -2.30. The molecule has 8 nitrogen and oxygen atoms in total. The molecule has 2 N–H and O–H groups in total. The third kappa shape index (κ3) is 14.6. The summed E-state index contributed by atoms with van der Waals surface area (Å²) in [6.07, 6.45) is 4.62. The Kier molecular flexibility index (Phi) is 15.2. The second kappa shape index (κ2) is 16.5. The summed E-state index contributed by atoms with van der Waals surface area (Å²) in [4.78, 5) is 33.5. The highest BCUT2D eigenvalue weighted by Gasteiger charge is 2.10. The van der Waals surface area contributed by atoms with Gasteiger partial charge in [-0.1, -0.05) is 18.6 Å². The van der Waals surface area contributed by atoms with Gasteiger partial charge < -0.3 is 19.9 Å². The van der Waals surface area contributed by atoms with Gasteiger partial charge in [0.2, 0.25) is 0 Å². The number of carboxylic acid groups (broad SMARTS) is 1. The van der Waals surface area contributed by atoms with Gasteiger partial charge in [-0.25, -0.2) is 0 Å². The minimum Gasteiger partial charge on any atom is -0.494 e. The average Bonchev–Trinajstić information content (AvgIpc) is 2.67. The molecule has 1 aromatic rings. The number of nitrogens with one attached hydrogen (secondary N) is 1. The molecule has 0 aromatic heterocycles. The van der Waals surface area contributed by atoms with Crippen LogP contribution in [0.15, 0.2) is 24.3 Å². The zero-order valence-corrected chi connectivity index (χ0v) is 18.5. The fourth-order valence-corrected chi connectivity index (χ4v) is 2.82. The minimum absolute atomic E-state index is 0. The number of likely N-dealkylation sites (tertiary alicyclic amines) is 1. The number of carbonyl (C=O) groups excluding carboxylic acids is 2. The summed E-state index contributed by atoms with van der Waals surface area (Å²) >= 11 is 0. The first-order valence-corrected chi connectivity index (χ1v) is 9.90. The van der Waals surface area contributed by atoms with Gasteiger partial charge in [0, 0.05) is 26.9 Å². The number of carboxylic acids is 1. The Morgan fingerprint density at radius 3 is 2.43 bits per heavy atom. The number of rotatable bonds is 9. The molecule has 1 saturated heterocycles. The Morgan fingerprint density at radius 2 is 1.80 bits per heavy atom. The van der Waals surface area contributed by atoms with Gasteiger partial charge in [0.25, 0.3) is 11.9 Å². The van der Waals surface area contributed by atoms with Crippen LogP contribution >= 0.6 is 12.4 Å². The van der Waals surface area contributed by atoms with Crippen LogP contribution in [-0.2, 0) is 25.7 Å². The maximum Gasteiger partial charge on any atom is 0.303 e. The molecular formula is C21H33ClN2O6. The number of ether oxygens (including phenoxy) is 2. The van der Waals surface area contributed by atoms with Gasteiger partial charge in [-0.15, -0.1) is 12.4 Å². The molecule has 0 atom stereocenters. The average molecular weight is 445 g/mol. The molecule has 1 aliphatic rings. The van der Waals surface area contributed by atoms with E-state index in [1.165, 1.54) is 44.8 Å². The lowest BCUT2D eigenvalue weighted by atomic mass is 10.1. The van der Waals surface area contributed by atoms with Crippen molar-refractivity contribution >= 4 is 30.3 Å². The van der Waals surface area contributed by atoms with Gasteiger partial charge >= 0.3 is 5.97 Å². The van der Waals surface area contributed by atoms with Crippen LogP contribution in [0.2, 0.25) is 0 Å². The van der Waals surface area contributed by atoms with E-state index >= 15 is 0 Å². The standard InChI is InChI=1S/C19H28N2O4.C2H4O2.ClH/c1-16(22)25-15-19(23)20-9-6-12-24-18-8-5-7-17(13-18)14-21-10-3-2-4-11-21;1-2(3)4;/h5,7-8,13H,2-4,6,9-12,14-15H2,1H3,(H,20,23);1H3,(H,3,4);1H. The molecule has 0 spiro atoms. The predicted octanol–water partition coefficient (Wildman–Crippen LogP) is 2.63. The lowest BCUT2D eigenvalue weighted by molar-refractivity contribution is -0.146. The van der Waals surface area contributed by atoms with Crippen molar-refractivity contribution in [3.8, 4) is 5.75 Å². The summed E-state index contributed by atoms with van der Waals surface area (Å²) in [5.74, 6) is -0.720. The summed E-state index contributed by atoms with van der Waals surface area (Å²) in [5.41, 5.74) is 1.27. The first-order chi connectivity index (χ1) is 13.9. The second-order valence-electron chi connectivity index (χ2n) is 6.84. The van der Waals surface area contributed by atoms with Crippen molar-refractivity contribution in [2.24, 2.45) is 0 Å². The third-order valence-electron chi connectivity index (χ3n) is 4.07. The molecule has 0 bridgehead atoms. The van der Waals surface area contributed by atoms with Crippen molar-refractivity contribution in [2.45, 2.75) is 46.1 Å². The van der Waals surface area contributed by atoms with Crippen molar-refractivity contribution < 1.29 is 29.0 Å². The molecule has 1 heterocycles. The molecule has 0 saturated carbocycles. The maximum absolute atomic E-state index is 11.4. The summed E-state index contributed by atoms with van der Waals surface area (Å²) < 4.78 is 10.4. The Balaban J connectivity index is 0.00000154. The largest absolute Gasteiger partial charge is 0.494 e. The monoisotopic (exact) mass is 444 g/mol. The summed E-state index contributed by atoms with van der Waals surface area (Å²) in [6.45, 7) is 6.49. The molecule has 1 aliphatic heterocycles. The predicted molar refractivity (Wildman–Crippen MR) is 116 cm³/mol. The molecule has 0 unspecified atom stereocenters. The number of esters is 1. The van der Waals surface area contributed by atoms with Crippen molar-refractivity contribution in [1.82, 2.24) is 10.2 Å². The highest BCUT2D eigenvalue weighted by Crippen LogP contribution is 2.17. The van der Waals surface area contributed by atoms with Crippen LogP contribution in [0.1, 0.15) is 45.1 Å². The van der Waals surface area contributed by atoms with Crippen molar-refractivity contribution in [3.05, 3.63) is 29.8 Å².